The molecular weight excluding hydrogens is 134 g/mol. The monoisotopic (exact) mass is 148 g/mol. The highest BCUT2D eigenvalue weighted by molar-refractivity contribution is 4.85. The molecule has 0 saturated heterocycles. The molecule has 0 aliphatic heterocycles. The predicted molar refractivity (Wildman–Crippen MR) is 37.1 cm³/mol. The van der Waals surface area contributed by atoms with Crippen molar-refractivity contribution in [1.29, 1.82) is 0 Å². The smallest absolute Gasteiger partial charge is 0.206 e. The lowest BCUT2D eigenvalue weighted by molar-refractivity contribution is -0.122. The van der Waals surface area contributed by atoms with E-state index < -0.39 is 11.8 Å². The Morgan fingerprint density at radius 1 is 1.30 bits per heavy atom. The van der Waals surface area contributed by atoms with Crippen LogP contribution in [-0.2, 0) is 0 Å². The second-order valence-corrected chi connectivity index (χ2v) is 3.46. The van der Waals surface area contributed by atoms with E-state index >= 15 is 0 Å². The van der Waals surface area contributed by atoms with Crippen molar-refractivity contribution in [3.63, 3.8) is 0 Å². The van der Waals surface area contributed by atoms with Crippen LogP contribution < -0.4 is 0 Å². The van der Waals surface area contributed by atoms with Gasteiger partial charge >= 0.3 is 0 Å². The highest BCUT2D eigenvalue weighted by Gasteiger charge is 2.44. The van der Waals surface area contributed by atoms with Crippen molar-refractivity contribution in [2.75, 3.05) is 0 Å². The molecule has 0 radical (unpaired) electrons. The van der Waals surface area contributed by atoms with Crippen LogP contribution in [0.15, 0.2) is 0 Å². The molecule has 0 aromatic heterocycles. The van der Waals surface area contributed by atoms with Gasteiger partial charge in [-0.1, -0.05) is 20.3 Å². The molecule has 0 aromatic rings. The summed E-state index contributed by atoms with van der Waals surface area (Å²) in [5, 5.41) is 0. The van der Waals surface area contributed by atoms with Crippen LogP contribution in [0.1, 0.15) is 33.1 Å². The Kier molecular flexibility index (Phi) is 1.97. The largest absolute Gasteiger partial charge is 0.253 e. The third kappa shape index (κ3) is 1.16. The standard InChI is InChI=1S/C8H14F2/c1-6(2)8(9,10)7-4-3-5-7/h6-7H,3-5H2,1-2H3. The Hall–Kier alpha value is -0.140. The van der Waals surface area contributed by atoms with Crippen LogP contribution in [0.2, 0.25) is 0 Å². The zero-order valence-electron chi connectivity index (χ0n) is 6.53. The maximum absolute atomic E-state index is 13.0. The fourth-order valence-corrected chi connectivity index (χ4v) is 1.26. The van der Waals surface area contributed by atoms with Gasteiger partial charge in [-0.2, -0.15) is 0 Å². The number of rotatable bonds is 2. The average molecular weight is 148 g/mol. The Labute approximate surface area is 60.6 Å². The summed E-state index contributed by atoms with van der Waals surface area (Å²) in [5.74, 6) is -3.21. The SMILES string of the molecule is CC(C)C(F)(F)C1CCC1. The van der Waals surface area contributed by atoms with Crippen LogP contribution in [0, 0.1) is 11.8 Å². The van der Waals surface area contributed by atoms with E-state index in [9.17, 15) is 8.78 Å². The first-order valence-electron chi connectivity index (χ1n) is 3.93. The van der Waals surface area contributed by atoms with E-state index in [4.69, 9.17) is 0 Å². The number of hydrogen-bond donors (Lipinski definition) is 0. The van der Waals surface area contributed by atoms with Crippen LogP contribution in [0.5, 0.6) is 0 Å². The van der Waals surface area contributed by atoms with Gasteiger partial charge in [0, 0.05) is 11.8 Å². The van der Waals surface area contributed by atoms with Crippen molar-refractivity contribution in [2.24, 2.45) is 11.8 Å². The minimum atomic E-state index is -2.40. The molecule has 1 fully saturated rings. The van der Waals surface area contributed by atoms with Crippen LogP contribution in [-0.4, -0.2) is 5.92 Å². The minimum Gasteiger partial charge on any atom is -0.206 e. The third-order valence-corrected chi connectivity index (χ3v) is 2.42. The Morgan fingerprint density at radius 2 is 1.80 bits per heavy atom. The molecule has 0 N–H and O–H groups in total. The molecule has 0 nitrogen and oxygen atoms in total. The van der Waals surface area contributed by atoms with Crippen LogP contribution in [0.4, 0.5) is 8.78 Å². The molecule has 0 spiro atoms. The summed E-state index contributed by atoms with van der Waals surface area (Å²) in [6.07, 6.45) is 2.45. The summed E-state index contributed by atoms with van der Waals surface area (Å²) in [5.41, 5.74) is 0. The van der Waals surface area contributed by atoms with Gasteiger partial charge in [-0.25, -0.2) is 8.78 Å². The Balaban J connectivity index is 2.48. The van der Waals surface area contributed by atoms with Crippen LogP contribution in [0.3, 0.4) is 0 Å². The van der Waals surface area contributed by atoms with Crippen molar-refractivity contribution in [2.45, 2.75) is 39.0 Å². The second kappa shape index (κ2) is 2.48. The van der Waals surface area contributed by atoms with E-state index in [-0.39, 0.29) is 5.92 Å². The van der Waals surface area contributed by atoms with E-state index in [1.807, 2.05) is 0 Å². The lowest BCUT2D eigenvalue weighted by Gasteiger charge is -2.35. The lowest BCUT2D eigenvalue weighted by Crippen LogP contribution is -2.37. The molecule has 0 unspecified atom stereocenters. The van der Waals surface area contributed by atoms with E-state index in [0.29, 0.717) is 0 Å². The van der Waals surface area contributed by atoms with E-state index in [1.165, 1.54) is 0 Å². The first-order chi connectivity index (χ1) is 4.55. The van der Waals surface area contributed by atoms with Gasteiger partial charge in [0.25, 0.3) is 5.92 Å². The molecule has 0 aromatic carbocycles. The second-order valence-electron chi connectivity index (χ2n) is 3.46. The summed E-state index contributed by atoms with van der Waals surface area (Å²) in [6.45, 7) is 3.19. The maximum Gasteiger partial charge on any atom is 0.253 e. The number of alkyl halides is 2. The fraction of sp³-hybridized carbons (Fsp3) is 1.00. The van der Waals surface area contributed by atoms with Gasteiger partial charge in [0.2, 0.25) is 0 Å². The predicted octanol–water partition coefficient (Wildman–Crippen LogP) is 3.08. The zero-order chi connectivity index (χ0) is 7.78. The van der Waals surface area contributed by atoms with Gasteiger partial charge in [-0.05, 0) is 12.8 Å². The maximum atomic E-state index is 13.0. The summed E-state index contributed by atoms with van der Waals surface area (Å²) in [6, 6.07) is 0. The zero-order valence-corrected chi connectivity index (χ0v) is 6.53. The highest BCUT2D eigenvalue weighted by atomic mass is 19.3. The van der Waals surface area contributed by atoms with Gasteiger partial charge in [0.1, 0.15) is 0 Å². The van der Waals surface area contributed by atoms with E-state index in [2.05, 4.69) is 0 Å². The van der Waals surface area contributed by atoms with Gasteiger partial charge < -0.3 is 0 Å². The average Bonchev–Trinajstić information content (AvgIpc) is 1.57. The molecule has 1 aliphatic carbocycles. The van der Waals surface area contributed by atoms with Crippen molar-refractivity contribution in [3.8, 4) is 0 Å². The third-order valence-electron chi connectivity index (χ3n) is 2.42. The molecule has 0 atom stereocenters. The van der Waals surface area contributed by atoms with Gasteiger partial charge in [-0.3, -0.25) is 0 Å². The van der Waals surface area contributed by atoms with E-state index in [1.54, 1.807) is 13.8 Å². The molecule has 10 heavy (non-hydrogen) atoms. The van der Waals surface area contributed by atoms with E-state index in [0.717, 1.165) is 19.3 Å². The molecule has 0 heterocycles. The Morgan fingerprint density at radius 3 is 1.90 bits per heavy atom. The normalized spacial score (nSPS) is 21.3. The first kappa shape index (κ1) is 7.96. The Bertz CT molecular complexity index is 114. The molecular formula is C8H14F2. The number of halogens is 2. The topological polar surface area (TPSA) is 0 Å². The number of hydrogen-bond acceptors (Lipinski definition) is 0. The van der Waals surface area contributed by atoms with Crippen molar-refractivity contribution in [1.82, 2.24) is 0 Å². The van der Waals surface area contributed by atoms with Crippen molar-refractivity contribution < 1.29 is 8.78 Å². The lowest BCUT2D eigenvalue weighted by atomic mass is 9.77. The minimum absolute atomic E-state index is 0.313. The van der Waals surface area contributed by atoms with Crippen LogP contribution in [0.25, 0.3) is 0 Å². The summed E-state index contributed by atoms with van der Waals surface area (Å²) in [7, 11) is 0. The summed E-state index contributed by atoms with van der Waals surface area (Å²) >= 11 is 0. The molecule has 1 rings (SSSR count). The highest BCUT2D eigenvalue weighted by Crippen LogP contribution is 2.43. The quantitative estimate of drug-likeness (QED) is 0.564. The first-order valence-corrected chi connectivity index (χ1v) is 3.93. The summed E-state index contributed by atoms with van der Waals surface area (Å²) < 4.78 is 26.0. The summed E-state index contributed by atoms with van der Waals surface area (Å²) in [4.78, 5) is 0. The van der Waals surface area contributed by atoms with Gasteiger partial charge in [0.15, 0.2) is 0 Å². The molecule has 2 heteroatoms. The molecule has 1 aliphatic rings. The van der Waals surface area contributed by atoms with Crippen molar-refractivity contribution in [3.05, 3.63) is 0 Å². The van der Waals surface area contributed by atoms with Crippen LogP contribution >= 0.6 is 0 Å². The van der Waals surface area contributed by atoms with Gasteiger partial charge in [-0.15, -0.1) is 0 Å². The molecule has 60 valence electrons. The molecule has 1 saturated carbocycles. The molecule has 0 amide bonds. The van der Waals surface area contributed by atoms with Gasteiger partial charge in [0.05, 0.1) is 0 Å². The fourth-order valence-electron chi connectivity index (χ4n) is 1.26. The van der Waals surface area contributed by atoms with Crippen molar-refractivity contribution >= 4 is 0 Å². The molecule has 0 bridgehead atoms.